The van der Waals surface area contributed by atoms with Gasteiger partial charge in [0.1, 0.15) is 11.9 Å². The first-order chi connectivity index (χ1) is 43.8. The number of allylic oxidation sites excluding steroid dienone is 1. The number of amides is 2. The highest BCUT2D eigenvalue weighted by Crippen LogP contribution is 2.67. The van der Waals surface area contributed by atoms with Gasteiger partial charge in [-0.25, -0.2) is 0 Å². The van der Waals surface area contributed by atoms with Crippen LogP contribution >= 0.6 is 11.8 Å². The molecule has 0 spiro atoms. The summed E-state index contributed by atoms with van der Waals surface area (Å²) in [6.45, 7) is 28.5. The highest BCUT2D eigenvalue weighted by molar-refractivity contribution is 7.99. The molecule has 524 valence electrons. The van der Waals surface area contributed by atoms with Crippen LogP contribution in [0.2, 0.25) is 0 Å². The number of hydrogen-bond acceptors (Lipinski definition) is 18. The largest absolute Gasteiger partial charge is 0.462 e. The fraction of sp³-hybridized carbons (Fsp3) is 0.914. The van der Waals surface area contributed by atoms with Crippen LogP contribution in [-0.2, 0) is 80.8 Å². The number of Topliss-reactive ketones (excluding diaryl/α,β-unsaturated/α-hetero) is 1. The Balaban J connectivity index is 0.784. The molecule has 0 aromatic heterocycles. The molecular formula is C70H126N2O17S. The van der Waals surface area contributed by atoms with Gasteiger partial charge in [0.25, 0.3) is 0 Å². The van der Waals surface area contributed by atoms with Crippen molar-refractivity contribution in [3.8, 4) is 0 Å². The molecule has 20 heteroatoms. The molecule has 90 heavy (non-hydrogen) atoms. The topological polar surface area (TPSA) is 212 Å². The predicted octanol–water partition coefficient (Wildman–Crippen LogP) is 10.5. The van der Waals surface area contributed by atoms with Crippen LogP contribution in [0, 0.1) is 52.3 Å². The average molecular weight is 1300 g/mol. The molecule has 2 N–H and O–H groups in total. The maximum absolute atomic E-state index is 12.8. The molecule has 4 aliphatic carbocycles. The van der Waals surface area contributed by atoms with Crippen molar-refractivity contribution < 1.29 is 80.8 Å². The predicted molar refractivity (Wildman–Crippen MR) is 353 cm³/mol. The Labute approximate surface area is 548 Å². The normalized spacial score (nSPS) is 22.8. The monoisotopic (exact) mass is 1300 g/mol. The number of ketones is 1. The lowest BCUT2D eigenvalue weighted by Crippen LogP contribution is -2.51. The van der Waals surface area contributed by atoms with Crippen LogP contribution in [-0.4, -0.2) is 213 Å². The van der Waals surface area contributed by atoms with Gasteiger partial charge in [-0.3, -0.25) is 19.2 Å². The number of fused-ring (bicyclic) bond motifs is 5. The molecule has 0 bridgehead atoms. The highest BCUT2D eigenvalue weighted by atomic mass is 32.2. The Morgan fingerprint density at radius 2 is 1.04 bits per heavy atom. The van der Waals surface area contributed by atoms with Gasteiger partial charge in [-0.05, 0) is 111 Å². The lowest BCUT2D eigenvalue weighted by molar-refractivity contribution is -0.153. The molecule has 0 aliphatic heterocycles. The van der Waals surface area contributed by atoms with Crippen molar-refractivity contribution in [2.45, 2.75) is 177 Å². The second kappa shape index (κ2) is 50.1. The third-order valence-electron chi connectivity index (χ3n) is 19.1. The Hall–Kier alpha value is -2.31. The van der Waals surface area contributed by atoms with Gasteiger partial charge in [0.15, 0.2) is 0 Å². The first kappa shape index (κ1) is 80.1. The molecule has 0 aromatic carbocycles. The molecule has 0 radical (unpaired) electrons. The number of carbonyl (C=O) groups is 4. The molecule has 3 fully saturated rings. The van der Waals surface area contributed by atoms with Crippen LogP contribution in [0.15, 0.2) is 11.6 Å². The summed E-state index contributed by atoms with van der Waals surface area (Å²) in [6.07, 6.45) is 22.4. The average Bonchev–Trinajstić information content (AvgIpc) is 1.33. The Morgan fingerprint density at radius 3 is 1.56 bits per heavy atom. The number of thioether (sulfide) groups is 1. The van der Waals surface area contributed by atoms with Gasteiger partial charge in [-0.1, -0.05) is 92.2 Å². The number of ether oxygens (including phenoxy) is 13. The molecule has 0 heterocycles. The Kier molecular flexibility index (Phi) is 44.6. The summed E-state index contributed by atoms with van der Waals surface area (Å²) in [5.41, 5.74) is 2.31. The van der Waals surface area contributed by atoms with Gasteiger partial charge in [-0.15, -0.1) is 0 Å². The molecule has 9 atom stereocenters. The fourth-order valence-corrected chi connectivity index (χ4v) is 15.0. The maximum atomic E-state index is 12.8. The van der Waals surface area contributed by atoms with Crippen LogP contribution in [0.3, 0.4) is 0 Å². The summed E-state index contributed by atoms with van der Waals surface area (Å²) in [7, 11) is 0. The summed E-state index contributed by atoms with van der Waals surface area (Å²) in [4.78, 5) is 49.0. The van der Waals surface area contributed by atoms with Crippen molar-refractivity contribution in [2.75, 3.05) is 183 Å². The Bertz CT molecular complexity index is 1900. The zero-order valence-electron chi connectivity index (χ0n) is 57.3. The van der Waals surface area contributed by atoms with Crippen LogP contribution in [0.1, 0.15) is 170 Å². The van der Waals surface area contributed by atoms with E-state index in [1.54, 1.807) is 5.57 Å². The number of hydrogen-bond donors (Lipinski definition) is 2. The van der Waals surface area contributed by atoms with Crippen molar-refractivity contribution in [2.24, 2.45) is 52.3 Å². The summed E-state index contributed by atoms with van der Waals surface area (Å²) in [5.74, 6) is 6.07. The van der Waals surface area contributed by atoms with Crippen LogP contribution in [0.4, 0.5) is 0 Å². The Morgan fingerprint density at radius 1 is 0.533 bits per heavy atom. The molecule has 2 amide bonds. The minimum atomic E-state index is -0.162. The van der Waals surface area contributed by atoms with Gasteiger partial charge in [-0.2, -0.15) is 11.8 Å². The van der Waals surface area contributed by atoms with Gasteiger partial charge in [0, 0.05) is 44.0 Å². The third kappa shape index (κ3) is 33.4. The summed E-state index contributed by atoms with van der Waals surface area (Å²) < 4.78 is 72.9. The van der Waals surface area contributed by atoms with E-state index < -0.39 is 0 Å². The van der Waals surface area contributed by atoms with Crippen LogP contribution in [0.5, 0.6) is 0 Å². The first-order valence-electron chi connectivity index (χ1n) is 35.3. The van der Waals surface area contributed by atoms with E-state index in [0.717, 1.165) is 86.9 Å². The second-order valence-electron chi connectivity index (χ2n) is 26.0. The van der Waals surface area contributed by atoms with E-state index in [-0.39, 0.29) is 41.6 Å². The zero-order valence-corrected chi connectivity index (χ0v) is 58.1. The second-order valence-corrected chi connectivity index (χ2v) is 27.2. The van der Waals surface area contributed by atoms with E-state index in [1.165, 1.54) is 63.1 Å². The van der Waals surface area contributed by atoms with E-state index in [1.807, 2.05) is 6.92 Å². The van der Waals surface area contributed by atoms with Gasteiger partial charge in [0.05, 0.1) is 171 Å². The van der Waals surface area contributed by atoms with Crippen molar-refractivity contribution in [3.05, 3.63) is 11.6 Å². The van der Waals surface area contributed by atoms with E-state index in [0.29, 0.717) is 207 Å². The summed E-state index contributed by atoms with van der Waals surface area (Å²) in [5, 5.41) is 5.76. The van der Waals surface area contributed by atoms with Crippen molar-refractivity contribution >= 4 is 35.3 Å². The smallest absolute Gasteiger partial charge is 0.308 e. The third-order valence-corrected chi connectivity index (χ3v) is 20.1. The standard InChI is InChI=1S/C70H126N2O17S/c1-8-13-58(65(73)9-2)16-10-11-27-71-66(74)24-53-90-55-67(75)72-28-30-78-32-34-80-36-38-82-40-42-84-44-46-86-48-50-88-52-51-87-49-47-85-45-43-83-41-39-81-37-35-79-33-31-77-29-23-68(76)89-60-21-25-69(6)59(54-60)17-18-61-63-20-19-62(57(5)15-12-14-56(3)4)70(63,7)26-22-64(61)69/h17,56-58,60-64H,8-16,18-55H2,1-7H3,(H,71,74)(H,72,75)/t57-,58?,60+,61+,62-,63-,64-,69+,70-/m0/s1. The summed E-state index contributed by atoms with van der Waals surface area (Å²) >= 11 is 1.43. The van der Waals surface area contributed by atoms with E-state index in [2.05, 4.69) is 58.3 Å². The van der Waals surface area contributed by atoms with E-state index in [4.69, 9.17) is 61.6 Å². The fourth-order valence-electron chi connectivity index (χ4n) is 14.3. The van der Waals surface area contributed by atoms with E-state index >= 15 is 0 Å². The van der Waals surface area contributed by atoms with Crippen molar-refractivity contribution in [1.82, 2.24) is 10.6 Å². The van der Waals surface area contributed by atoms with E-state index in [9.17, 15) is 19.2 Å². The molecular weight excluding hydrogens is 1170 g/mol. The molecule has 3 saturated carbocycles. The maximum Gasteiger partial charge on any atom is 0.308 e. The zero-order chi connectivity index (χ0) is 64.8. The number of esters is 1. The minimum Gasteiger partial charge on any atom is -0.462 e. The quantitative estimate of drug-likeness (QED) is 0.0329. The van der Waals surface area contributed by atoms with Crippen molar-refractivity contribution in [1.29, 1.82) is 0 Å². The number of rotatable bonds is 59. The molecule has 4 aliphatic rings. The van der Waals surface area contributed by atoms with Crippen LogP contribution in [0.25, 0.3) is 0 Å². The molecule has 0 saturated heterocycles. The van der Waals surface area contributed by atoms with Gasteiger partial charge < -0.3 is 72.2 Å². The van der Waals surface area contributed by atoms with Gasteiger partial charge in [0.2, 0.25) is 11.8 Å². The number of carbonyl (C=O) groups excluding carboxylic acids is 4. The molecule has 0 aromatic rings. The van der Waals surface area contributed by atoms with Gasteiger partial charge >= 0.3 is 5.97 Å². The number of nitrogens with one attached hydrogen (secondary N) is 2. The lowest BCUT2D eigenvalue weighted by atomic mass is 9.47. The molecule has 19 nitrogen and oxygen atoms in total. The number of unbranched alkanes of at least 4 members (excludes halogenated alkanes) is 1. The lowest BCUT2D eigenvalue weighted by Gasteiger charge is -2.58. The van der Waals surface area contributed by atoms with Crippen molar-refractivity contribution in [3.63, 3.8) is 0 Å². The molecule has 1 unspecified atom stereocenters. The SMILES string of the molecule is CCCC(CCCCNC(=O)CCSCC(=O)NCCOCCOCCOCCOCCOCCOCCOCCOCCOCCOCCOCCOCCC(=O)O[C@@H]1CC[C@]2(C)C(=CC[C@@H]3[C@@H]4CC[C@@H]([C@@H](C)CCCC(C)C)[C@]4(C)CC[C@@H]32)C1)C(=O)CC. The minimum absolute atomic E-state index is 0.00946. The van der Waals surface area contributed by atoms with Crippen LogP contribution < -0.4 is 10.6 Å². The highest BCUT2D eigenvalue weighted by Gasteiger charge is 2.59. The molecule has 4 rings (SSSR count). The first-order valence-corrected chi connectivity index (χ1v) is 36.4. The summed E-state index contributed by atoms with van der Waals surface area (Å²) in [6, 6.07) is 0.